The molecule has 11 heteroatoms. The van der Waals surface area contributed by atoms with Crippen LogP contribution in [0.15, 0.2) is 50.8 Å². The normalized spacial score (nSPS) is 18.3. The number of imide groups is 1. The molecule has 36 heavy (non-hydrogen) atoms. The number of amidine groups is 1. The quantitative estimate of drug-likeness (QED) is 0.418. The molecule has 4 heterocycles. The van der Waals surface area contributed by atoms with Crippen molar-refractivity contribution in [1.29, 1.82) is 0 Å². The number of hydrogen-bond acceptors (Lipinski definition) is 8. The number of aryl methyl sites for hydroxylation is 1. The Bertz CT molecular complexity index is 1280. The van der Waals surface area contributed by atoms with Crippen LogP contribution in [0.2, 0.25) is 0 Å². The van der Waals surface area contributed by atoms with E-state index in [1.165, 1.54) is 0 Å². The van der Waals surface area contributed by atoms with Gasteiger partial charge in [0.15, 0.2) is 6.04 Å². The number of benzene rings is 1. The summed E-state index contributed by atoms with van der Waals surface area (Å²) >= 11 is 0. The van der Waals surface area contributed by atoms with Gasteiger partial charge in [-0.15, -0.1) is 0 Å². The number of nitrogens with zero attached hydrogens (tertiary/aromatic N) is 3. The summed E-state index contributed by atoms with van der Waals surface area (Å²) in [5, 5.41) is 7.79. The molecule has 0 spiro atoms. The van der Waals surface area contributed by atoms with E-state index in [4.69, 9.17) is 9.15 Å². The number of rotatable bonds is 6. The zero-order valence-electron chi connectivity index (χ0n) is 20.4. The molecule has 1 fully saturated rings. The fourth-order valence-electron chi connectivity index (χ4n) is 3.94. The molecule has 11 nitrogen and oxygen atoms in total. The summed E-state index contributed by atoms with van der Waals surface area (Å²) in [5.41, 5.74) is 3.13. The fourth-order valence-corrected chi connectivity index (χ4v) is 3.94. The number of aliphatic imine (C=N–C) groups is 2. The molecule has 3 aliphatic heterocycles. The number of fused-ring (bicyclic) bond motifs is 1. The van der Waals surface area contributed by atoms with Gasteiger partial charge in [0.05, 0.1) is 13.7 Å². The molecule has 1 aromatic carbocycles. The van der Waals surface area contributed by atoms with Crippen molar-refractivity contribution in [2.45, 2.75) is 25.9 Å². The Hall–Kier alpha value is -4.41. The minimum atomic E-state index is -0.819. The fraction of sp³-hybridized carbons (Fsp3) is 0.320. The second kappa shape index (κ2) is 10.5. The molecule has 3 aliphatic rings. The molecule has 1 aromatic heterocycles. The Morgan fingerprint density at radius 1 is 1.33 bits per heavy atom. The van der Waals surface area contributed by atoms with E-state index in [1.54, 1.807) is 37.4 Å². The van der Waals surface area contributed by atoms with Crippen molar-refractivity contribution in [3.8, 4) is 5.75 Å². The van der Waals surface area contributed by atoms with E-state index >= 15 is 0 Å². The van der Waals surface area contributed by atoms with E-state index in [1.807, 2.05) is 19.1 Å². The molecule has 0 bridgehead atoms. The standard InChI is InChI=1S/C15H17N5O3.C10H11NO2/c1-3-10-9(18-7-8(2)13-16-4-5-17-13)6-11(23-10)12-14(21)20-15(22)19-12;1-11-6-7-3-4-8(13-2)5-9(7)10(11)12/h6-7,12H,2-5H2,1H3,(H,16,17)(H2,19,20,21,22);3-5H,6H2,1-2H3. The van der Waals surface area contributed by atoms with Crippen LogP contribution in [0.25, 0.3) is 0 Å². The zero-order valence-corrected chi connectivity index (χ0v) is 20.4. The lowest BCUT2D eigenvalue weighted by Gasteiger charge is -2.04. The predicted octanol–water partition coefficient (Wildman–Crippen LogP) is 2.26. The zero-order chi connectivity index (χ0) is 25.8. The molecule has 0 aliphatic carbocycles. The largest absolute Gasteiger partial charge is 0.497 e. The van der Waals surface area contributed by atoms with Crippen LogP contribution in [-0.2, 0) is 17.8 Å². The number of carbonyl (C=O) groups excluding carboxylic acids is 3. The number of carbonyl (C=O) groups is 3. The second-order valence-corrected chi connectivity index (χ2v) is 8.33. The van der Waals surface area contributed by atoms with Crippen LogP contribution < -0.4 is 20.7 Å². The van der Waals surface area contributed by atoms with E-state index in [0.717, 1.165) is 35.8 Å². The van der Waals surface area contributed by atoms with E-state index in [0.29, 0.717) is 35.7 Å². The Kier molecular flexibility index (Phi) is 7.18. The van der Waals surface area contributed by atoms with E-state index in [2.05, 4.69) is 32.5 Å². The molecule has 1 saturated heterocycles. The van der Waals surface area contributed by atoms with Crippen LogP contribution in [0.4, 0.5) is 10.5 Å². The average molecular weight is 493 g/mol. The first-order chi connectivity index (χ1) is 17.3. The van der Waals surface area contributed by atoms with Gasteiger partial charge in [0.25, 0.3) is 11.8 Å². The highest BCUT2D eigenvalue weighted by Gasteiger charge is 2.34. The van der Waals surface area contributed by atoms with Crippen LogP contribution in [-0.4, -0.2) is 62.0 Å². The van der Waals surface area contributed by atoms with E-state index in [-0.39, 0.29) is 5.91 Å². The highest BCUT2D eigenvalue weighted by Crippen LogP contribution is 2.29. The number of urea groups is 1. The topological polar surface area (TPSA) is 138 Å². The number of ether oxygens (including phenoxy) is 1. The van der Waals surface area contributed by atoms with Crippen LogP contribution in [0.3, 0.4) is 0 Å². The van der Waals surface area contributed by atoms with Crippen LogP contribution in [0.5, 0.6) is 5.75 Å². The van der Waals surface area contributed by atoms with Crippen molar-refractivity contribution in [2.75, 3.05) is 27.2 Å². The molecule has 1 unspecified atom stereocenters. The molecule has 3 N–H and O–H groups in total. The molecule has 5 rings (SSSR count). The summed E-state index contributed by atoms with van der Waals surface area (Å²) in [5.74, 6) is 2.11. The molecule has 188 valence electrons. The summed E-state index contributed by atoms with van der Waals surface area (Å²) in [4.78, 5) is 44.8. The van der Waals surface area contributed by atoms with E-state index < -0.39 is 18.0 Å². The summed E-state index contributed by atoms with van der Waals surface area (Å²) in [6.07, 6.45) is 2.22. The first kappa shape index (κ1) is 24.7. The lowest BCUT2D eigenvalue weighted by molar-refractivity contribution is -0.120. The van der Waals surface area contributed by atoms with Crippen molar-refractivity contribution in [3.63, 3.8) is 0 Å². The Balaban J connectivity index is 0.000000197. The average Bonchev–Trinajstić information content (AvgIpc) is 3.66. The number of amides is 4. The summed E-state index contributed by atoms with van der Waals surface area (Å²) in [6.45, 7) is 8.08. The molecular formula is C25H28N6O5. The predicted molar refractivity (Wildman–Crippen MR) is 134 cm³/mol. The molecule has 1 atom stereocenters. The third-order valence-electron chi connectivity index (χ3n) is 5.83. The monoisotopic (exact) mass is 492 g/mol. The second-order valence-electron chi connectivity index (χ2n) is 8.33. The van der Waals surface area contributed by atoms with E-state index in [9.17, 15) is 14.4 Å². The maximum absolute atomic E-state index is 11.7. The number of nitrogens with one attached hydrogen (secondary N) is 3. The lowest BCUT2D eigenvalue weighted by Crippen LogP contribution is -2.22. The third-order valence-corrected chi connectivity index (χ3v) is 5.83. The summed E-state index contributed by atoms with van der Waals surface area (Å²) in [7, 11) is 3.40. The van der Waals surface area contributed by atoms with Gasteiger partial charge in [-0.2, -0.15) is 0 Å². The molecule has 0 radical (unpaired) electrons. The van der Waals surface area contributed by atoms with Gasteiger partial charge in [-0.3, -0.25) is 24.9 Å². The first-order valence-corrected chi connectivity index (χ1v) is 11.5. The number of methoxy groups -OCH3 is 1. The van der Waals surface area contributed by atoms with Gasteiger partial charge in [0.1, 0.15) is 28.8 Å². The van der Waals surface area contributed by atoms with Gasteiger partial charge in [-0.05, 0) is 17.7 Å². The third kappa shape index (κ3) is 5.14. The van der Waals surface area contributed by atoms with Crippen molar-refractivity contribution < 1.29 is 23.5 Å². The molecule has 0 saturated carbocycles. The minimum absolute atomic E-state index is 0.0777. The van der Waals surface area contributed by atoms with Gasteiger partial charge >= 0.3 is 6.03 Å². The van der Waals surface area contributed by atoms with Gasteiger partial charge in [0, 0.05) is 50.0 Å². The Morgan fingerprint density at radius 2 is 2.14 bits per heavy atom. The minimum Gasteiger partial charge on any atom is -0.497 e. The maximum atomic E-state index is 11.7. The smallest absolute Gasteiger partial charge is 0.322 e. The summed E-state index contributed by atoms with van der Waals surface area (Å²) < 4.78 is 10.7. The number of hydrogen-bond donors (Lipinski definition) is 3. The SMILES string of the molecule is C=C(C=Nc1cc(C2NC(=O)NC2=O)oc1CC)C1=NCCN1.COc1ccc2c(c1)C(=O)N(C)C2. The van der Waals surface area contributed by atoms with Gasteiger partial charge in [0.2, 0.25) is 0 Å². The molecule has 4 amide bonds. The van der Waals surface area contributed by atoms with Crippen molar-refractivity contribution in [1.82, 2.24) is 20.9 Å². The van der Waals surface area contributed by atoms with Crippen molar-refractivity contribution >= 4 is 35.6 Å². The van der Waals surface area contributed by atoms with Gasteiger partial charge < -0.3 is 24.7 Å². The maximum Gasteiger partial charge on any atom is 0.322 e. The van der Waals surface area contributed by atoms with Gasteiger partial charge in [-0.25, -0.2) is 4.79 Å². The lowest BCUT2D eigenvalue weighted by atomic mass is 10.1. The highest BCUT2D eigenvalue weighted by atomic mass is 16.5. The van der Waals surface area contributed by atoms with Crippen LogP contribution >= 0.6 is 0 Å². The Morgan fingerprint density at radius 3 is 2.78 bits per heavy atom. The van der Waals surface area contributed by atoms with Gasteiger partial charge in [-0.1, -0.05) is 19.6 Å². The number of furan rings is 1. The summed E-state index contributed by atoms with van der Waals surface area (Å²) in [6, 6.07) is 5.92. The van der Waals surface area contributed by atoms with Crippen molar-refractivity contribution in [3.05, 3.63) is 59.1 Å². The van der Waals surface area contributed by atoms with Crippen LogP contribution in [0.1, 0.15) is 40.4 Å². The first-order valence-electron chi connectivity index (χ1n) is 11.5. The molecular weight excluding hydrogens is 464 g/mol. The highest BCUT2D eigenvalue weighted by molar-refractivity contribution is 6.15. The molecule has 2 aromatic rings. The van der Waals surface area contributed by atoms with Crippen LogP contribution in [0, 0.1) is 0 Å². The van der Waals surface area contributed by atoms with Crippen molar-refractivity contribution in [2.24, 2.45) is 9.98 Å². The Labute approximate surface area is 208 Å².